The van der Waals surface area contributed by atoms with Crippen molar-refractivity contribution in [3.63, 3.8) is 0 Å². The zero-order valence-corrected chi connectivity index (χ0v) is 9.81. The summed E-state index contributed by atoms with van der Waals surface area (Å²) in [5, 5.41) is 6.96. The average Bonchev–Trinajstić information content (AvgIpc) is 2.92. The van der Waals surface area contributed by atoms with Gasteiger partial charge in [0.2, 0.25) is 0 Å². The molecule has 0 heterocycles. The van der Waals surface area contributed by atoms with Gasteiger partial charge in [0.25, 0.3) is 0 Å². The molecule has 2 heteroatoms. The van der Waals surface area contributed by atoms with E-state index in [9.17, 15) is 0 Å². The summed E-state index contributed by atoms with van der Waals surface area (Å²) in [6.45, 7) is 9.23. The molecule has 0 aromatic carbocycles. The molecule has 1 saturated carbocycles. The van der Waals surface area contributed by atoms with Crippen molar-refractivity contribution < 1.29 is 0 Å². The minimum absolute atomic E-state index is 0.776. The van der Waals surface area contributed by atoms with Crippen molar-refractivity contribution in [2.24, 2.45) is 11.8 Å². The van der Waals surface area contributed by atoms with Gasteiger partial charge in [-0.15, -0.1) is 0 Å². The molecular formula is C12H26N2. The second-order valence-corrected chi connectivity index (χ2v) is 4.93. The predicted octanol–water partition coefficient (Wildman–Crippen LogP) is 2.01. The Labute approximate surface area is 88.8 Å². The van der Waals surface area contributed by atoms with Crippen LogP contribution in [0.5, 0.6) is 0 Å². The van der Waals surface area contributed by atoms with Crippen molar-refractivity contribution in [3.05, 3.63) is 0 Å². The molecule has 1 fully saturated rings. The van der Waals surface area contributed by atoms with Gasteiger partial charge in [-0.25, -0.2) is 0 Å². The molecule has 0 unspecified atom stereocenters. The van der Waals surface area contributed by atoms with Crippen LogP contribution in [0.2, 0.25) is 0 Å². The largest absolute Gasteiger partial charge is 0.317 e. The topological polar surface area (TPSA) is 24.1 Å². The molecule has 0 radical (unpaired) electrons. The molecule has 14 heavy (non-hydrogen) atoms. The van der Waals surface area contributed by atoms with Crippen LogP contribution in [0.3, 0.4) is 0 Å². The Morgan fingerprint density at radius 3 is 2.43 bits per heavy atom. The van der Waals surface area contributed by atoms with Gasteiger partial charge in [-0.2, -0.15) is 0 Å². The lowest BCUT2D eigenvalue weighted by atomic mass is 10.2. The first-order valence-electron chi connectivity index (χ1n) is 6.20. The zero-order chi connectivity index (χ0) is 10.2. The molecule has 0 atom stereocenters. The average molecular weight is 198 g/mol. The lowest BCUT2D eigenvalue weighted by Gasteiger charge is -2.07. The molecule has 0 amide bonds. The fourth-order valence-corrected chi connectivity index (χ4v) is 1.57. The van der Waals surface area contributed by atoms with Gasteiger partial charge in [-0.1, -0.05) is 26.7 Å². The van der Waals surface area contributed by atoms with Crippen molar-refractivity contribution in [2.45, 2.75) is 39.5 Å². The Morgan fingerprint density at radius 1 is 1.07 bits per heavy atom. The Bertz CT molecular complexity index is 122. The van der Waals surface area contributed by atoms with Crippen molar-refractivity contribution in [2.75, 3.05) is 26.2 Å². The molecule has 0 saturated heterocycles. The van der Waals surface area contributed by atoms with Crippen LogP contribution in [0.25, 0.3) is 0 Å². The number of nitrogens with one attached hydrogen (secondary N) is 2. The Hall–Kier alpha value is -0.0800. The first-order valence-corrected chi connectivity index (χ1v) is 6.20. The molecule has 1 rings (SSSR count). The first-order chi connectivity index (χ1) is 6.79. The van der Waals surface area contributed by atoms with Gasteiger partial charge in [-0.05, 0) is 50.9 Å². The summed E-state index contributed by atoms with van der Waals surface area (Å²) in [7, 11) is 0. The van der Waals surface area contributed by atoms with Crippen molar-refractivity contribution in [1.82, 2.24) is 10.6 Å². The van der Waals surface area contributed by atoms with Crippen LogP contribution in [0, 0.1) is 11.8 Å². The third-order valence-electron chi connectivity index (χ3n) is 2.69. The Balaban J connectivity index is 1.66. The molecule has 1 aliphatic carbocycles. The highest BCUT2D eigenvalue weighted by atomic mass is 14.9. The summed E-state index contributed by atoms with van der Waals surface area (Å²) in [4.78, 5) is 0. The van der Waals surface area contributed by atoms with Crippen LogP contribution in [0.4, 0.5) is 0 Å². The predicted molar refractivity (Wildman–Crippen MR) is 62.5 cm³/mol. The molecule has 0 bridgehead atoms. The molecule has 2 nitrogen and oxygen atoms in total. The fraction of sp³-hybridized carbons (Fsp3) is 1.00. The van der Waals surface area contributed by atoms with E-state index in [1.165, 1.54) is 38.8 Å². The molecule has 84 valence electrons. The van der Waals surface area contributed by atoms with E-state index in [1.54, 1.807) is 0 Å². The van der Waals surface area contributed by atoms with E-state index in [0.717, 1.165) is 24.9 Å². The monoisotopic (exact) mass is 198 g/mol. The number of rotatable bonds is 9. The second kappa shape index (κ2) is 7.24. The van der Waals surface area contributed by atoms with Gasteiger partial charge in [0.05, 0.1) is 0 Å². The summed E-state index contributed by atoms with van der Waals surface area (Å²) >= 11 is 0. The van der Waals surface area contributed by atoms with Crippen LogP contribution in [-0.2, 0) is 0 Å². The maximum atomic E-state index is 3.50. The SMILES string of the molecule is CC(C)CNCCCNCCC1CC1. The number of hydrogen-bond acceptors (Lipinski definition) is 2. The van der Waals surface area contributed by atoms with Gasteiger partial charge in [0, 0.05) is 0 Å². The van der Waals surface area contributed by atoms with E-state index in [2.05, 4.69) is 24.5 Å². The molecule has 1 aliphatic rings. The Kier molecular flexibility index (Phi) is 6.20. The van der Waals surface area contributed by atoms with Crippen molar-refractivity contribution in [1.29, 1.82) is 0 Å². The van der Waals surface area contributed by atoms with Gasteiger partial charge in [0.1, 0.15) is 0 Å². The normalized spacial score (nSPS) is 16.5. The maximum absolute atomic E-state index is 3.50. The summed E-state index contributed by atoms with van der Waals surface area (Å²) in [5.74, 6) is 1.85. The van der Waals surface area contributed by atoms with Gasteiger partial charge in [0.15, 0.2) is 0 Å². The van der Waals surface area contributed by atoms with E-state index >= 15 is 0 Å². The van der Waals surface area contributed by atoms with Crippen molar-refractivity contribution in [3.8, 4) is 0 Å². The van der Waals surface area contributed by atoms with Crippen LogP contribution in [0.1, 0.15) is 39.5 Å². The summed E-state index contributed by atoms with van der Waals surface area (Å²) in [5.41, 5.74) is 0. The summed E-state index contributed by atoms with van der Waals surface area (Å²) < 4.78 is 0. The maximum Gasteiger partial charge on any atom is -0.00258 e. The third kappa shape index (κ3) is 7.34. The van der Waals surface area contributed by atoms with E-state index in [1.807, 2.05) is 0 Å². The molecule has 0 spiro atoms. The highest BCUT2D eigenvalue weighted by Crippen LogP contribution is 2.31. The second-order valence-electron chi connectivity index (χ2n) is 4.93. The van der Waals surface area contributed by atoms with Crippen LogP contribution in [0.15, 0.2) is 0 Å². The van der Waals surface area contributed by atoms with E-state index in [0.29, 0.717) is 0 Å². The summed E-state index contributed by atoms with van der Waals surface area (Å²) in [6, 6.07) is 0. The zero-order valence-electron chi connectivity index (χ0n) is 9.81. The highest BCUT2D eigenvalue weighted by molar-refractivity contribution is 4.73. The van der Waals surface area contributed by atoms with Crippen molar-refractivity contribution >= 4 is 0 Å². The minimum Gasteiger partial charge on any atom is -0.317 e. The molecular weight excluding hydrogens is 172 g/mol. The fourth-order valence-electron chi connectivity index (χ4n) is 1.57. The third-order valence-corrected chi connectivity index (χ3v) is 2.69. The molecule has 0 aliphatic heterocycles. The Morgan fingerprint density at radius 2 is 1.79 bits per heavy atom. The number of hydrogen-bond donors (Lipinski definition) is 2. The van der Waals surface area contributed by atoms with E-state index in [4.69, 9.17) is 0 Å². The van der Waals surface area contributed by atoms with Gasteiger partial charge < -0.3 is 10.6 Å². The van der Waals surface area contributed by atoms with E-state index < -0.39 is 0 Å². The van der Waals surface area contributed by atoms with Crippen LogP contribution >= 0.6 is 0 Å². The lowest BCUT2D eigenvalue weighted by molar-refractivity contribution is 0.525. The smallest absolute Gasteiger partial charge is 0.00258 e. The standard InChI is InChI=1S/C12H26N2/c1-11(2)10-14-8-3-7-13-9-6-12-4-5-12/h11-14H,3-10H2,1-2H3. The summed E-state index contributed by atoms with van der Waals surface area (Å²) in [6.07, 6.45) is 5.63. The quantitative estimate of drug-likeness (QED) is 0.554. The van der Waals surface area contributed by atoms with E-state index in [-0.39, 0.29) is 0 Å². The molecule has 0 aromatic heterocycles. The molecule has 2 N–H and O–H groups in total. The lowest BCUT2D eigenvalue weighted by Crippen LogP contribution is -2.25. The highest BCUT2D eigenvalue weighted by Gasteiger charge is 2.19. The minimum atomic E-state index is 0.776. The van der Waals surface area contributed by atoms with Crippen LogP contribution < -0.4 is 10.6 Å². The van der Waals surface area contributed by atoms with Crippen LogP contribution in [-0.4, -0.2) is 26.2 Å². The first kappa shape index (κ1) is 12.0. The molecule has 0 aromatic rings. The van der Waals surface area contributed by atoms with Gasteiger partial charge >= 0.3 is 0 Å². The van der Waals surface area contributed by atoms with Gasteiger partial charge in [-0.3, -0.25) is 0 Å².